The van der Waals surface area contributed by atoms with Crippen LogP contribution >= 0.6 is 0 Å². The summed E-state index contributed by atoms with van der Waals surface area (Å²) in [6.45, 7) is 0. The maximum Gasteiger partial charge on any atom is 0.0713 e. The number of benzene rings is 10. The van der Waals surface area contributed by atoms with Crippen LogP contribution in [0.15, 0.2) is 249 Å². The fraction of sp³-hybridized carbons (Fsp3) is 0.0169. The van der Waals surface area contributed by atoms with Gasteiger partial charge in [-0.2, -0.15) is 0 Å². The van der Waals surface area contributed by atoms with Crippen molar-refractivity contribution in [1.82, 2.24) is 0 Å². The first-order chi connectivity index (χ1) is 29.8. The number of para-hydroxylation sites is 1. The Labute approximate surface area is 352 Å². The van der Waals surface area contributed by atoms with E-state index < -0.39 is 5.41 Å². The SMILES string of the molecule is c1ccc(-c2c(-c3ccc(N(c4ccccc4)c4ccc(-c5ccc6c(c5)C(c5ccccc5)(c5ccccc5)c5ccccc5-6)cc4)cc3)ccc3ccccc23)cc1. The second-order valence-electron chi connectivity index (χ2n) is 15.6. The first-order valence-electron chi connectivity index (χ1n) is 20.8. The maximum absolute atomic E-state index is 2.44. The molecule has 10 aromatic rings. The average molecular weight is 764 g/mol. The number of nitrogens with zero attached hydrogens (tertiary/aromatic N) is 1. The lowest BCUT2D eigenvalue weighted by atomic mass is 9.67. The van der Waals surface area contributed by atoms with Gasteiger partial charge in [-0.3, -0.25) is 0 Å². The topological polar surface area (TPSA) is 3.24 Å². The summed E-state index contributed by atoms with van der Waals surface area (Å²) in [4.78, 5) is 2.35. The van der Waals surface area contributed by atoms with Crippen LogP contribution in [0.1, 0.15) is 22.3 Å². The van der Waals surface area contributed by atoms with Crippen molar-refractivity contribution in [2.75, 3.05) is 4.90 Å². The third-order valence-corrected chi connectivity index (χ3v) is 12.4. The van der Waals surface area contributed by atoms with E-state index in [-0.39, 0.29) is 0 Å². The fourth-order valence-electron chi connectivity index (χ4n) is 9.67. The highest BCUT2D eigenvalue weighted by Gasteiger charge is 2.46. The van der Waals surface area contributed by atoms with Gasteiger partial charge >= 0.3 is 0 Å². The zero-order valence-electron chi connectivity index (χ0n) is 33.1. The standard InChI is InChI=1S/C59H41N/c1-5-18-45(19-6-1)58-52-26-14-13-17-43(52)33-39-53(58)44-31-37-51(38-32-44)60(49-24-11-4-12-25-49)50-35-29-42(30-36-50)46-34-40-55-54-27-15-16-28-56(54)59(57(55)41-46,47-20-7-2-8-21-47)48-22-9-3-10-23-48/h1-41H. The molecule has 0 amide bonds. The summed E-state index contributed by atoms with van der Waals surface area (Å²) in [5.41, 5.74) is 17.9. The zero-order chi connectivity index (χ0) is 39.9. The monoisotopic (exact) mass is 763 g/mol. The second kappa shape index (κ2) is 14.9. The van der Waals surface area contributed by atoms with E-state index in [1.54, 1.807) is 0 Å². The lowest BCUT2D eigenvalue weighted by Crippen LogP contribution is -2.28. The summed E-state index contributed by atoms with van der Waals surface area (Å²) in [5.74, 6) is 0. The molecule has 0 spiro atoms. The number of hydrogen-bond donors (Lipinski definition) is 0. The molecule has 0 atom stereocenters. The minimum Gasteiger partial charge on any atom is -0.311 e. The van der Waals surface area contributed by atoms with E-state index in [1.165, 1.54) is 77.5 Å². The van der Waals surface area contributed by atoms with Crippen molar-refractivity contribution in [3.8, 4) is 44.5 Å². The third-order valence-electron chi connectivity index (χ3n) is 12.4. The molecule has 60 heavy (non-hydrogen) atoms. The average Bonchev–Trinajstić information content (AvgIpc) is 3.63. The van der Waals surface area contributed by atoms with Crippen molar-refractivity contribution >= 4 is 27.8 Å². The molecule has 11 rings (SSSR count). The Morgan fingerprint density at radius 1 is 0.283 bits per heavy atom. The summed E-state index contributed by atoms with van der Waals surface area (Å²) >= 11 is 0. The van der Waals surface area contributed by atoms with Gasteiger partial charge in [0.15, 0.2) is 0 Å². The Bertz CT molecular complexity index is 3060. The lowest BCUT2D eigenvalue weighted by Gasteiger charge is -2.34. The van der Waals surface area contributed by atoms with E-state index >= 15 is 0 Å². The molecule has 0 radical (unpaired) electrons. The van der Waals surface area contributed by atoms with Crippen LogP contribution in [0.4, 0.5) is 17.1 Å². The van der Waals surface area contributed by atoms with E-state index in [4.69, 9.17) is 0 Å². The Morgan fingerprint density at radius 2 is 0.767 bits per heavy atom. The molecule has 0 bridgehead atoms. The first-order valence-corrected chi connectivity index (χ1v) is 20.8. The van der Waals surface area contributed by atoms with Gasteiger partial charge < -0.3 is 4.90 Å². The minimum absolute atomic E-state index is 0.435. The zero-order valence-corrected chi connectivity index (χ0v) is 33.1. The van der Waals surface area contributed by atoms with Crippen molar-refractivity contribution in [3.63, 3.8) is 0 Å². The predicted molar refractivity (Wildman–Crippen MR) is 252 cm³/mol. The molecule has 0 aromatic heterocycles. The van der Waals surface area contributed by atoms with Crippen LogP contribution in [-0.4, -0.2) is 0 Å². The van der Waals surface area contributed by atoms with E-state index in [0.29, 0.717) is 0 Å². The summed E-state index contributed by atoms with van der Waals surface area (Å²) in [6.07, 6.45) is 0. The largest absolute Gasteiger partial charge is 0.311 e. The van der Waals surface area contributed by atoms with Crippen molar-refractivity contribution in [2.24, 2.45) is 0 Å². The van der Waals surface area contributed by atoms with E-state index in [1.807, 2.05) is 0 Å². The molecular formula is C59H41N. The van der Waals surface area contributed by atoms with Gasteiger partial charge in [-0.1, -0.05) is 206 Å². The van der Waals surface area contributed by atoms with Crippen LogP contribution in [0.3, 0.4) is 0 Å². The minimum atomic E-state index is -0.435. The molecule has 0 aliphatic heterocycles. The Kier molecular flexibility index (Phi) is 8.79. The van der Waals surface area contributed by atoms with E-state index in [2.05, 4.69) is 254 Å². The third kappa shape index (κ3) is 5.86. The molecular weight excluding hydrogens is 723 g/mol. The van der Waals surface area contributed by atoms with Gasteiger partial charge in [-0.25, -0.2) is 0 Å². The molecule has 0 fully saturated rings. The van der Waals surface area contributed by atoms with Gasteiger partial charge in [0, 0.05) is 17.1 Å². The molecule has 0 N–H and O–H groups in total. The van der Waals surface area contributed by atoms with Gasteiger partial charge in [0.1, 0.15) is 0 Å². The molecule has 1 aliphatic carbocycles. The van der Waals surface area contributed by atoms with Gasteiger partial charge in [0.05, 0.1) is 5.41 Å². The summed E-state index contributed by atoms with van der Waals surface area (Å²) in [6, 6.07) is 90.8. The molecule has 1 heteroatoms. The summed E-state index contributed by atoms with van der Waals surface area (Å²) < 4.78 is 0. The predicted octanol–water partition coefficient (Wildman–Crippen LogP) is 15.7. The molecule has 0 heterocycles. The number of fused-ring (bicyclic) bond motifs is 4. The van der Waals surface area contributed by atoms with Crippen LogP contribution in [0.2, 0.25) is 0 Å². The highest BCUT2D eigenvalue weighted by atomic mass is 15.1. The fourth-order valence-corrected chi connectivity index (χ4v) is 9.67. The number of hydrogen-bond acceptors (Lipinski definition) is 1. The van der Waals surface area contributed by atoms with Crippen LogP contribution < -0.4 is 4.90 Å². The number of rotatable bonds is 8. The molecule has 0 saturated heterocycles. The van der Waals surface area contributed by atoms with Gasteiger partial charge in [0.2, 0.25) is 0 Å². The molecule has 10 aromatic carbocycles. The van der Waals surface area contributed by atoms with E-state index in [0.717, 1.165) is 17.1 Å². The number of anilines is 3. The quantitative estimate of drug-likeness (QED) is 0.149. The molecule has 1 nitrogen and oxygen atoms in total. The maximum atomic E-state index is 2.44. The molecule has 0 unspecified atom stereocenters. The van der Waals surface area contributed by atoms with Crippen LogP contribution in [0.5, 0.6) is 0 Å². The summed E-state index contributed by atoms with van der Waals surface area (Å²) in [5, 5.41) is 2.50. The smallest absolute Gasteiger partial charge is 0.0713 e. The van der Waals surface area contributed by atoms with Gasteiger partial charge in [0.25, 0.3) is 0 Å². The Balaban J connectivity index is 0.990. The highest BCUT2D eigenvalue weighted by Crippen LogP contribution is 2.56. The van der Waals surface area contributed by atoms with Crippen molar-refractivity contribution in [1.29, 1.82) is 0 Å². The van der Waals surface area contributed by atoms with Crippen LogP contribution in [0.25, 0.3) is 55.3 Å². The van der Waals surface area contributed by atoms with Crippen molar-refractivity contribution in [3.05, 3.63) is 271 Å². The van der Waals surface area contributed by atoms with Crippen molar-refractivity contribution in [2.45, 2.75) is 5.41 Å². The molecule has 282 valence electrons. The van der Waals surface area contributed by atoms with Gasteiger partial charge in [-0.05, 0) is 120 Å². The van der Waals surface area contributed by atoms with E-state index in [9.17, 15) is 0 Å². The Morgan fingerprint density at radius 3 is 1.43 bits per heavy atom. The second-order valence-corrected chi connectivity index (χ2v) is 15.6. The molecule has 0 saturated carbocycles. The van der Waals surface area contributed by atoms with Crippen LogP contribution in [0, 0.1) is 0 Å². The highest BCUT2D eigenvalue weighted by molar-refractivity contribution is 6.04. The van der Waals surface area contributed by atoms with Crippen LogP contribution in [-0.2, 0) is 5.41 Å². The molecule has 1 aliphatic rings. The Hall–Kier alpha value is -7.74. The normalized spacial score (nSPS) is 12.5. The summed E-state index contributed by atoms with van der Waals surface area (Å²) in [7, 11) is 0. The van der Waals surface area contributed by atoms with Crippen molar-refractivity contribution < 1.29 is 0 Å². The lowest BCUT2D eigenvalue weighted by molar-refractivity contribution is 0.769. The first kappa shape index (κ1) is 35.4. The van der Waals surface area contributed by atoms with Gasteiger partial charge in [-0.15, -0.1) is 0 Å².